The van der Waals surface area contributed by atoms with Gasteiger partial charge in [0.1, 0.15) is 17.5 Å². The number of rotatable bonds is 10. The van der Waals surface area contributed by atoms with Gasteiger partial charge in [0, 0.05) is 83.5 Å². The molecular weight excluding hydrogens is 751 g/mol. The summed E-state index contributed by atoms with van der Waals surface area (Å²) in [5.41, 5.74) is 7.94. The zero-order chi connectivity index (χ0) is 41.0. The standard InChI is InChI=1S/C49H59N7O4/c57-41-16-18-43-36(30-41)12-17-42(34-6-2-1-3-7-34)47(43)35-10-13-39(14-11-35)55-26-22-53(23-27-55)32-37-8-4-5-9-38(37)33-54-24-28-56(29-25-54)40-15-19-44(50-31-40)48(59)51-45-20-21-46(58)52-49(45)60/h1-3,6-7,10-11,13-16,18-19,30-31,37-38,42,45,47,57H,4-5,8-9,12,17,20-29,32-33H2,(H,51,59)(H,52,58,60)/t37-,38-,42+,45?,47-/m0/s1. The lowest BCUT2D eigenvalue weighted by molar-refractivity contribution is -0.134. The molecule has 1 unspecified atom stereocenters. The lowest BCUT2D eigenvalue weighted by Crippen LogP contribution is -2.52. The van der Waals surface area contributed by atoms with E-state index in [0.717, 1.165) is 82.7 Å². The highest BCUT2D eigenvalue weighted by Gasteiger charge is 2.34. The number of benzene rings is 3. The van der Waals surface area contributed by atoms with Crippen LogP contribution in [0.2, 0.25) is 0 Å². The normalized spacial score (nSPS) is 25.4. The van der Waals surface area contributed by atoms with Gasteiger partial charge in [-0.05, 0) is 109 Å². The molecule has 9 rings (SSSR count). The van der Waals surface area contributed by atoms with Crippen LogP contribution in [0.1, 0.15) is 89.5 Å². The van der Waals surface area contributed by atoms with E-state index < -0.39 is 17.9 Å². The van der Waals surface area contributed by atoms with Crippen LogP contribution in [-0.4, -0.2) is 109 Å². The fraction of sp³-hybridized carbons (Fsp3) is 0.469. The van der Waals surface area contributed by atoms with Gasteiger partial charge in [-0.2, -0.15) is 0 Å². The smallest absolute Gasteiger partial charge is 0.270 e. The van der Waals surface area contributed by atoms with Crippen LogP contribution in [0.4, 0.5) is 11.4 Å². The summed E-state index contributed by atoms with van der Waals surface area (Å²) in [5, 5.41) is 15.3. The Morgan fingerprint density at radius 3 is 1.98 bits per heavy atom. The van der Waals surface area contributed by atoms with Crippen molar-refractivity contribution in [1.29, 1.82) is 0 Å². The number of imide groups is 1. The van der Waals surface area contributed by atoms with Crippen LogP contribution in [0.25, 0.3) is 0 Å². The van der Waals surface area contributed by atoms with Gasteiger partial charge in [0.25, 0.3) is 5.91 Å². The molecule has 0 radical (unpaired) electrons. The zero-order valence-corrected chi connectivity index (χ0v) is 34.7. The molecule has 2 aliphatic carbocycles. The SMILES string of the molecule is O=C1CCC(NC(=O)c2ccc(N3CCN(C[C@@H]4CCCC[C@H]4CN4CCN(c5ccc([C@@H]6c7ccc(O)cc7CC[C@@H]6c6ccccc6)cc5)CC4)CC3)cn2)C(=O)N1. The second kappa shape index (κ2) is 18.2. The highest BCUT2D eigenvalue weighted by molar-refractivity contribution is 6.03. The molecule has 4 aromatic rings. The number of aryl methyl sites for hydroxylation is 1. The molecule has 3 N–H and O–H groups in total. The molecule has 60 heavy (non-hydrogen) atoms. The van der Waals surface area contributed by atoms with Crippen molar-refractivity contribution in [2.24, 2.45) is 11.8 Å². The summed E-state index contributed by atoms with van der Waals surface area (Å²) in [5.74, 6) is 1.32. The number of carbonyl (C=O) groups excluding carboxylic acids is 3. The number of hydrogen-bond acceptors (Lipinski definition) is 9. The van der Waals surface area contributed by atoms with Gasteiger partial charge >= 0.3 is 0 Å². The van der Waals surface area contributed by atoms with Crippen molar-refractivity contribution in [3.63, 3.8) is 0 Å². The summed E-state index contributed by atoms with van der Waals surface area (Å²) in [4.78, 5) is 51.0. The molecule has 0 spiro atoms. The van der Waals surface area contributed by atoms with Crippen LogP contribution < -0.4 is 20.4 Å². The molecule has 11 nitrogen and oxygen atoms in total. The van der Waals surface area contributed by atoms with E-state index in [9.17, 15) is 19.5 Å². The fourth-order valence-corrected chi connectivity index (χ4v) is 10.7. The first-order valence-corrected chi connectivity index (χ1v) is 22.4. The van der Waals surface area contributed by atoms with E-state index in [4.69, 9.17) is 0 Å². The third kappa shape index (κ3) is 9.07. The summed E-state index contributed by atoms with van der Waals surface area (Å²) in [7, 11) is 0. The number of pyridine rings is 1. The van der Waals surface area contributed by atoms with Crippen LogP contribution >= 0.6 is 0 Å². The predicted octanol–water partition coefficient (Wildman–Crippen LogP) is 5.93. The minimum atomic E-state index is -0.715. The maximum atomic E-state index is 12.8. The molecule has 314 valence electrons. The van der Waals surface area contributed by atoms with E-state index >= 15 is 0 Å². The Bertz CT molecular complexity index is 2110. The third-order valence-corrected chi connectivity index (χ3v) is 14.1. The van der Waals surface area contributed by atoms with Gasteiger partial charge < -0.3 is 20.2 Å². The Kier molecular flexibility index (Phi) is 12.2. The van der Waals surface area contributed by atoms with Crippen LogP contribution in [-0.2, 0) is 16.0 Å². The number of aromatic hydroxyl groups is 1. The summed E-state index contributed by atoms with van der Waals surface area (Å²) in [6.07, 6.45) is 9.66. The average Bonchev–Trinajstić information content (AvgIpc) is 3.28. The number of fused-ring (bicyclic) bond motifs is 1. The van der Waals surface area contributed by atoms with Crippen molar-refractivity contribution in [2.75, 3.05) is 75.2 Å². The summed E-state index contributed by atoms with van der Waals surface area (Å²) in [6.45, 7) is 10.6. The highest BCUT2D eigenvalue weighted by atomic mass is 16.3. The van der Waals surface area contributed by atoms with Gasteiger partial charge in [0.2, 0.25) is 11.8 Å². The molecule has 3 aromatic carbocycles. The highest BCUT2D eigenvalue weighted by Crippen LogP contribution is 2.47. The minimum absolute atomic E-state index is 0.216. The number of anilines is 2. The Labute approximate surface area is 354 Å². The number of carbonyl (C=O) groups is 3. The Morgan fingerprint density at radius 2 is 1.35 bits per heavy atom. The van der Waals surface area contributed by atoms with E-state index in [2.05, 4.69) is 95.9 Å². The van der Waals surface area contributed by atoms with Gasteiger partial charge in [-0.3, -0.25) is 29.5 Å². The van der Waals surface area contributed by atoms with Crippen molar-refractivity contribution < 1.29 is 19.5 Å². The minimum Gasteiger partial charge on any atom is -0.508 e. The average molecular weight is 810 g/mol. The molecule has 11 heteroatoms. The number of amides is 3. The van der Waals surface area contributed by atoms with Gasteiger partial charge in [-0.25, -0.2) is 4.98 Å². The first kappa shape index (κ1) is 40.2. The zero-order valence-electron chi connectivity index (χ0n) is 34.7. The van der Waals surface area contributed by atoms with E-state index in [1.165, 1.54) is 66.7 Å². The topological polar surface area (TPSA) is 121 Å². The van der Waals surface area contributed by atoms with Crippen molar-refractivity contribution in [2.45, 2.75) is 69.2 Å². The second-order valence-electron chi connectivity index (χ2n) is 17.8. The molecule has 5 aliphatic rings. The number of piperazine rings is 2. The summed E-state index contributed by atoms with van der Waals surface area (Å²) >= 11 is 0. The molecule has 3 saturated heterocycles. The fourth-order valence-electron chi connectivity index (χ4n) is 10.7. The quantitative estimate of drug-likeness (QED) is 0.168. The monoisotopic (exact) mass is 809 g/mol. The lowest BCUT2D eigenvalue weighted by atomic mass is 9.69. The molecule has 0 bridgehead atoms. The van der Waals surface area contributed by atoms with Crippen LogP contribution in [0, 0.1) is 11.8 Å². The van der Waals surface area contributed by atoms with E-state index in [-0.39, 0.29) is 23.9 Å². The predicted molar refractivity (Wildman–Crippen MR) is 235 cm³/mol. The Hall–Kier alpha value is -5.26. The van der Waals surface area contributed by atoms with Crippen molar-refractivity contribution >= 4 is 29.1 Å². The number of nitrogens with one attached hydrogen (secondary N) is 2. The van der Waals surface area contributed by atoms with Crippen molar-refractivity contribution in [3.8, 4) is 5.75 Å². The molecule has 5 atom stereocenters. The molecule has 3 aliphatic heterocycles. The molecular formula is C49H59N7O4. The van der Waals surface area contributed by atoms with Gasteiger partial charge in [0.05, 0.1) is 11.9 Å². The van der Waals surface area contributed by atoms with Gasteiger partial charge in [0.15, 0.2) is 0 Å². The molecule has 3 amide bonds. The van der Waals surface area contributed by atoms with Gasteiger partial charge in [-0.1, -0.05) is 61.4 Å². The number of phenols is 1. The molecule has 4 heterocycles. The number of phenolic OH excluding ortho intramolecular Hbond substituents is 1. The summed E-state index contributed by atoms with van der Waals surface area (Å²) in [6, 6.07) is 29.3. The Morgan fingerprint density at radius 1 is 0.700 bits per heavy atom. The Balaban J connectivity index is 0.750. The molecule has 1 aromatic heterocycles. The number of aromatic nitrogens is 1. The summed E-state index contributed by atoms with van der Waals surface area (Å²) < 4.78 is 0. The molecule has 4 fully saturated rings. The number of hydrogen-bond donors (Lipinski definition) is 3. The van der Waals surface area contributed by atoms with Crippen LogP contribution in [0.5, 0.6) is 5.75 Å². The second-order valence-corrected chi connectivity index (χ2v) is 17.8. The van der Waals surface area contributed by atoms with Gasteiger partial charge in [-0.15, -0.1) is 0 Å². The third-order valence-electron chi connectivity index (χ3n) is 14.1. The number of piperidine rings is 1. The molecule has 1 saturated carbocycles. The van der Waals surface area contributed by atoms with Crippen molar-refractivity contribution in [1.82, 2.24) is 25.4 Å². The van der Waals surface area contributed by atoms with Crippen LogP contribution in [0.3, 0.4) is 0 Å². The first-order valence-electron chi connectivity index (χ1n) is 22.4. The lowest BCUT2D eigenvalue weighted by Gasteiger charge is -2.43. The van der Waals surface area contributed by atoms with E-state index in [0.29, 0.717) is 18.1 Å². The number of nitrogens with zero attached hydrogens (tertiary/aromatic N) is 5. The van der Waals surface area contributed by atoms with E-state index in [1.54, 1.807) is 12.3 Å². The van der Waals surface area contributed by atoms with E-state index in [1.807, 2.05) is 18.2 Å². The van der Waals surface area contributed by atoms with Crippen molar-refractivity contribution in [3.05, 3.63) is 119 Å². The maximum Gasteiger partial charge on any atom is 0.270 e. The largest absolute Gasteiger partial charge is 0.508 e. The van der Waals surface area contributed by atoms with Crippen LogP contribution in [0.15, 0.2) is 91.1 Å². The maximum absolute atomic E-state index is 12.8. The first-order chi connectivity index (χ1) is 29.3.